The third-order valence-electron chi connectivity index (χ3n) is 3.00. The highest BCUT2D eigenvalue weighted by Gasteiger charge is 2.05. The standard InChI is InChI=1S/C14H18/c1-2-12-7-9-14(10-8-12)11-13-5-3-4-6-13/h7-11H,2-6H2,1H3. The highest BCUT2D eigenvalue weighted by Crippen LogP contribution is 2.25. The van der Waals surface area contributed by atoms with E-state index < -0.39 is 0 Å². The molecule has 1 aromatic carbocycles. The summed E-state index contributed by atoms with van der Waals surface area (Å²) < 4.78 is 0. The van der Waals surface area contributed by atoms with Crippen molar-refractivity contribution in [1.82, 2.24) is 0 Å². The van der Waals surface area contributed by atoms with E-state index in [1.807, 2.05) is 0 Å². The van der Waals surface area contributed by atoms with Crippen LogP contribution in [0.3, 0.4) is 0 Å². The molecule has 0 N–H and O–H groups in total. The van der Waals surface area contributed by atoms with Crippen LogP contribution in [0.2, 0.25) is 0 Å². The molecule has 2 rings (SSSR count). The molecule has 0 nitrogen and oxygen atoms in total. The zero-order valence-electron chi connectivity index (χ0n) is 8.92. The van der Waals surface area contributed by atoms with E-state index in [4.69, 9.17) is 0 Å². The summed E-state index contributed by atoms with van der Waals surface area (Å²) in [5, 5.41) is 0. The normalized spacial score (nSPS) is 15.9. The van der Waals surface area contributed by atoms with Crippen LogP contribution >= 0.6 is 0 Å². The summed E-state index contributed by atoms with van der Waals surface area (Å²) in [5.41, 5.74) is 4.44. The van der Waals surface area contributed by atoms with Gasteiger partial charge in [0.05, 0.1) is 0 Å². The largest absolute Gasteiger partial charge is 0.0696 e. The van der Waals surface area contributed by atoms with Gasteiger partial charge in [-0.15, -0.1) is 0 Å². The summed E-state index contributed by atoms with van der Waals surface area (Å²) in [6, 6.07) is 8.96. The van der Waals surface area contributed by atoms with E-state index in [1.165, 1.54) is 36.8 Å². The number of rotatable bonds is 2. The van der Waals surface area contributed by atoms with Crippen molar-refractivity contribution in [2.45, 2.75) is 39.0 Å². The summed E-state index contributed by atoms with van der Waals surface area (Å²) in [7, 11) is 0. The average Bonchev–Trinajstić information content (AvgIpc) is 2.72. The van der Waals surface area contributed by atoms with E-state index in [1.54, 1.807) is 5.57 Å². The van der Waals surface area contributed by atoms with Crippen molar-refractivity contribution in [3.05, 3.63) is 41.0 Å². The number of aryl methyl sites for hydroxylation is 1. The van der Waals surface area contributed by atoms with E-state index in [0.29, 0.717) is 0 Å². The fourth-order valence-corrected chi connectivity index (χ4v) is 2.06. The van der Waals surface area contributed by atoms with E-state index in [0.717, 1.165) is 6.42 Å². The van der Waals surface area contributed by atoms with Crippen LogP contribution in [0.4, 0.5) is 0 Å². The zero-order chi connectivity index (χ0) is 9.80. The third kappa shape index (κ3) is 2.25. The molecule has 0 bridgehead atoms. The maximum Gasteiger partial charge on any atom is -0.0257 e. The second-order valence-corrected chi connectivity index (χ2v) is 4.10. The quantitative estimate of drug-likeness (QED) is 0.649. The molecule has 0 saturated heterocycles. The van der Waals surface area contributed by atoms with Gasteiger partial charge in [-0.05, 0) is 43.2 Å². The van der Waals surface area contributed by atoms with Crippen molar-refractivity contribution in [3.63, 3.8) is 0 Å². The van der Waals surface area contributed by atoms with Gasteiger partial charge < -0.3 is 0 Å². The van der Waals surface area contributed by atoms with Crippen molar-refractivity contribution in [3.8, 4) is 0 Å². The Hall–Kier alpha value is -1.04. The van der Waals surface area contributed by atoms with Crippen LogP contribution in [0, 0.1) is 0 Å². The molecule has 1 fully saturated rings. The second kappa shape index (κ2) is 4.45. The molecule has 0 unspecified atom stereocenters. The predicted molar refractivity (Wildman–Crippen MR) is 62.3 cm³/mol. The fraction of sp³-hybridized carbons (Fsp3) is 0.429. The van der Waals surface area contributed by atoms with Gasteiger partial charge >= 0.3 is 0 Å². The second-order valence-electron chi connectivity index (χ2n) is 4.10. The molecule has 0 aliphatic heterocycles. The van der Waals surface area contributed by atoms with Crippen LogP contribution < -0.4 is 0 Å². The number of benzene rings is 1. The lowest BCUT2D eigenvalue weighted by atomic mass is 10.1. The molecule has 0 heterocycles. The Kier molecular flexibility index (Phi) is 3.03. The van der Waals surface area contributed by atoms with Crippen LogP contribution in [0.5, 0.6) is 0 Å². The Morgan fingerprint density at radius 1 is 1.07 bits per heavy atom. The van der Waals surface area contributed by atoms with Gasteiger partial charge in [-0.2, -0.15) is 0 Å². The summed E-state index contributed by atoms with van der Waals surface area (Å²) in [6.45, 7) is 2.20. The van der Waals surface area contributed by atoms with Crippen LogP contribution in [0.1, 0.15) is 43.7 Å². The zero-order valence-corrected chi connectivity index (χ0v) is 8.92. The first-order valence-corrected chi connectivity index (χ1v) is 5.67. The van der Waals surface area contributed by atoms with Crippen LogP contribution in [0.25, 0.3) is 6.08 Å². The van der Waals surface area contributed by atoms with E-state index >= 15 is 0 Å². The molecule has 0 amide bonds. The topological polar surface area (TPSA) is 0 Å². The maximum atomic E-state index is 2.37. The summed E-state index contributed by atoms with van der Waals surface area (Å²) in [5.74, 6) is 0. The van der Waals surface area contributed by atoms with Gasteiger partial charge in [-0.1, -0.05) is 42.8 Å². The minimum absolute atomic E-state index is 1.14. The first kappa shape index (κ1) is 9.51. The van der Waals surface area contributed by atoms with Gasteiger partial charge in [-0.3, -0.25) is 0 Å². The molecule has 0 heteroatoms. The minimum atomic E-state index is 1.14. The monoisotopic (exact) mass is 186 g/mol. The highest BCUT2D eigenvalue weighted by atomic mass is 14.1. The van der Waals surface area contributed by atoms with Gasteiger partial charge in [0, 0.05) is 0 Å². The van der Waals surface area contributed by atoms with Crippen molar-refractivity contribution in [2.75, 3.05) is 0 Å². The lowest BCUT2D eigenvalue weighted by Crippen LogP contribution is -1.80. The molecule has 1 aromatic rings. The van der Waals surface area contributed by atoms with Gasteiger partial charge in [-0.25, -0.2) is 0 Å². The molecule has 0 atom stereocenters. The smallest absolute Gasteiger partial charge is 0.0257 e. The molecule has 1 aliphatic carbocycles. The van der Waals surface area contributed by atoms with Gasteiger partial charge in [0.15, 0.2) is 0 Å². The Balaban J connectivity index is 2.12. The first-order chi connectivity index (χ1) is 6.88. The maximum absolute atomic E-state index is 2.37. The SMILES string of the molecule is CCc1ccc(C=C2CCCC2)cc1. The summed E-state index contributed by atoms with van der Waals surface area (Å²) in [4.78, 5) is 0. The van der Waals surface area contributed by atoms with E-state index in [2.05, 4.69) is 37.3 Å². The molecule has 0 spiro atoms. The Morgan fingerprint density at radius 2 is 1.71 bits per heavy atom. The van der Waals surface area contributed by atoms with Crippen molar-refractivity contribution >= 4 is 6.08 Å². The fourth-order valence-electron chi connectivity index (χ4n) is 2.06. The lowest BCUT2D eigenvalue weighted by molar-refractivity contribution is 0.886. The molecular weight excluding hydrogens is 168 g/mol. The van der Waals surface area contributed by atoms with Gasteiger partial charge in [0.1, 0.15) is 0 Å². The van der Waals surface area contributed by atoms with Gasteiger partial charge in [0.25, 0.3) is 0 Å². The van der Waals surface area contributed by atoms with Crippen molar-refractivity contribution < 1.29 is 0 Å². The molecule has 74 valence electrons. The van der Waals surface area contributed by atoms with Crippen LogP contribution in [0.15, 0.2) is 29.8 Å². The minimum Gasteiger partial charge on any atom is -0.0696 e. The third-order valence-corrected chi connectivity index (χ3v) is 3.00. The Labute approximate surface area is 86.7 Å². The van der Waals surface area contributed by atoms with Crippen LogP contribution in [-0.2, 0) is 6.42 Å². The summed E-state index contributed by atoms with van der Waals surface area (Å²) >= 11 is 0. The first-order valence-electron chi connectivity index (χ1n) is 5.67. The number of hydrogen-bond acceptors (Lipinski definition) is 0. The predicted octanol–water partition coefficient (Wildman–Crippen LogP) is 4.21. The number of allylic oxidation sites excluding steroid dienone is 1. The molecular formula is C14H18. The molecule has 1 aliphatic rings. The average molecular weight is 186 g/mol. The van der Waals surface area contributed by atoms with E-state index in [9.17, 15) is 0 Å². The van der Waals surface area contributed by atoms with Crippen molar-refractivity contribution in [2.24, 2.45) is 0 Å². The van der Waals surface area contributed by atoms with Crippen molar-refractivity contribution in [1.29, 1.82) is 0 Å². The Bertz CT molecular complexity index is 308. The lowest BCUT2D eigenvalue weighted by Gasteiger charge is -1.99. The summed E-state index contributed by atoms with van der Waals surface area (Å²) in [6.07, 6.45) is 8.91. The van der Waals surface area contributed by atoms with E-state index in [-0.39, 0.29) is 0 Å². The molecule has 14 heavy (non-hydrogen) atoms. The molecule has 1 saturated carbocycles. The highest BCUT2D eigenvalue weighted by molar-refractivity contribution is 5.53. The van der Waals surface area contributed by atoms with Gasteiger partial charge in [0.2, 0.25) is 0 Å². The Morgan fingerprint density at radius 3 is 2.29 bits per heavy atom. The molecule has 0 aromatic heterocycles. The van der Waals surface area contributed by atoms with Crippen LogP contribution in [-0.4, -0.2) is 0 Å². The number of hydrogen-bond donors (Lipinski definition) is 0. The molecule has 0 radical (unpaired) electrons.